The van der Waals surface area contributed by atoms with Gasteiger partial charge in [-0.3, -0.25) is 10.1 Å². The number of anilines is 1. The highest BCUT2D eigenvalue weighted by Crippen LogP contribution is 2.42. The molecule has 102 valence electrons. The summed E-state index contributed by atoms with van der Waals surface area (Å²) < 4.78 is 0.870. The fourth-order valence-electron chi connectivity index (χ4n) is 3.41. The number of halogens is 1. The van der Waals surface area contributed by atoms with Gasteiger partial charge in [-0.25, -0.2) is 0 Å². The van der Waals surface area contributed by atoms with Gasteiger partial charge < -0.3 is 10.6 Å². The molecule has 1 saturated heterocycles. The van der Waals surface area contributed by atoms with Crippen LogP contribution in [0.1, 0.15) is 12.8 Å². The molecule has 1 aromatic carbocycles. The van der Waals surface area contributed by atoms with Crippen molar-refractivity contribution >= 4 is 27.3 Å². The molecule has 19 heavy (non-hydrogen) atoms. The van der Waals surface area contributed by atoms with E-state index in [0.29, 0.717) is 17.5 Å². The Morgan fingerprint density at radius 3 is 2.84 bits per heavy atom. The molecule has 0 amide bonds. The van der Waals surface area contributed by atoms with Crippen LogP contribution in [0.15, 0.2) is 22.7 Å². The monoisotopic (exact) mass is 325 g/mol. The fraction of sp³-hybridized carbons (Fsp3) is 0.538. The number of nitro groups is 1. The first-order valence-corrected chi connectivity index (χ1v) is 7.30. The lowest BCUT2D eigenvalue weighted by molar-refractivity contribution is -0.384. The van der Waals surface area contributed by atoms with Crippen LogP contribution in [0.3, 0.4) is 0 Å². The number of nitro benzene ring substituents is 1. The smallest absolute Gasteiger partial charge is 0.292 e. The van der Waals surface area contributed by atoms with Gasteiger partial charge >= 0.3 is 0 Å². The first kappa shape index (κ1) is 12.9. The van der Waals surface area contributed by atoms with Gasteiger partial charge in [-0.2, -0.15) is 0 Å². The highest BCUT2D eigenvalue weighted by Gasteiger charge is 2.42. The molecule has 6 heteroatoms. The number of nitrogens with two attached hydrogens (primary N) is 1. The van der Waals surface area contributed by atoms with Crippen LogP contribution in [-0.2, 0) is 0 Å². The van der Waals surface area contributed by atoms with Crippen molar-refractivity contribution in [3.63, 3.8) is 0 Å². The van der Waals surface area contributed by atoms with Crippen LogP contribution < -0.4 is 10.6 Å². The average molecular weight is 326 g/mol. The molecule has 0 spiro atoms. The van der Waals surface area contributed by atoms with Crippen LogP contribution in [0, 0.1) is 22.0 Å². The van der Waals surface area contributed by atoms with Crippen molar-refractivity contribution in [2.75, 3.05) is 18.0 Å². The van der Waals surface area contributed by atoms with Crippen LogP contribution in [0.5, 0.6) is 0 Å². The van der Waals surface area contributed by atoms with Crippen LogP contribution in [0.2, 0.25) is 0 Å². The van der Waals surface area contributed by atoms with Crippen molar-refractivity contribution < 1.29 is 4.92 Å². The van der Waals surface area contributed by atoms with Gasteiger partial charge in [-0.05, 0) is 36.8 Å². The molecule has 2 fully saturated rings. The van der Waals surface area contributed by atoms with Crippen molar-refractivity contribution in [1.82, 2.24) is 0 Å². The fourth-order valence-corrected chi connectivity index (χ4v) is 3.76. The molecule has 1 saturated carbocycles. The lowest BCUT2D eigenvalue weighted by Gasteiger charge is -2.20. The van der Waals surface area contributed by atoms with E-state index in [1.165, 1.54) is 0 Å². The maximum Gasteiger partial charge on any atom is 0.292 e. The number of fused-ring (bicyclic) bond motifs is 1. The zero-order valence-electron chi connectivity index (χ0n) is 10.5. The van der Waals surface area contributed by atoms with Gasteiger partial charge in [0.1, 0.15) is 5.69 Å². The molecule has 0 bridgehead atoms. The summed E-state index contributed by atoms with van der Waals surface area (Å²) in [4.78, 5) is 13.0. The minimum atomic E-state index is -0.310. The number of rotatable bonds is 2. The molecule has 3 rings (SSSR count). The first-order valence-electron chi connectivity index (χ1n) is 6.50. The highest BCUT2D eigenvalue weighted by molar-refractivity contribution is 9.10. The maximum atomic E-state index is 11.1. The van der Waals surface area contributed by atoms with E-state index in [2.05, 4.69) is 20.8 Å². The summed E-state index contributed by atoms with van der Waals surface area (Å²) >= 11 is 3.39. The largest absolute Gasteiger partial charge is 0.365 e. The van der Waals surface area contributed by atoms with E-state index in [4.69, 9.17) is 5.73 Å². The number of benzene rings is 1. The number of hydrogen-bond acceptors (Lipinski definition) is 4. The lowest BCUT2D eigenvalue weighted by atomic mass is 9.98. The Balaban J connectivity index is 1.91. The molecule has 3 unspecified atom stereocenters. The van der Waals surface area contributed by atoms with Gasteiger partial charge in [0.15, 0.2) is 0 Å². The maximum absolute atomic E-state index is 11.1. The van der Waals surface area contributed by atoms with Gasteiger partial charge in [-0.1, -0.05) is 15.9 Å². The minimum Gasteiger partial charge on any atom is -0.365 e. The van der Waals surface area contributed by atoms with E-state index in [9.17, 15) is 10.1 Å². The zero-order valence-corrected chi connectivity index (χ0v) is 12.0. The average Bonchev–Trinajstić information content (AvgIpc) is 2.91. The van der Waals surface area contributed by atoms with E-state index in [0.717, 1.165) is 30.4 Å². The van der Waals surface area contributed by atoms with E-state index < -0.39 is 0 Å². The van der Waals surface area contributed by atoms with Crippen LogP contribution in [0.25, 0.3) is 0 Å². The van der Waals surface area contributed by atoms with Gasteiger partial charge in [0.2, 0.25) is 0 Å². The third-order valence-electron chi connectivity index (χ3n) is 4.39. The van der Waals surface area contributed by atoms with Gasteiger partial charge in [0.25, 0.3) is 5.69 Å². The Morgan fingerprint density at radius 1 is 1.37 bits per heavy atom. The second kappa shape index (κ2) is 4.76. The van der Waals surface area contributed by atoms with Crippen molar-refractivity contribution in [2.45, 2.75) is 18.9 Å². The Kier molecular flexibility index (Phi) is 3.22. The Bertz CT molecular complexity index is 523. The molecular weight excluding hydrogens is 310 g/mol. The normalized spacial score (nSPS) is 29.6. The summed E-state index contributed by atoms with van der Waals surface area (Å²) in [6.45, 7) is 1.72. The summed E-state index contributed by atoms with van der Waals surface area (Å²) in [5.74, 6) is 1.08. The zero-order chi connectivity index (χ0) is 13.6. The van der Waals surface area contributed by atoms with Crippen molar-refractivity contribution in [3.05, 3.63) is 32.8 Å². The minimum absolute atomic E-state index is 0.178. The third-order valence-corrected chi connectivity index (χ3v) is 4.88. The highest BCUT2D eigenvalue weighted by atomic mass is 79.9. The third kappa shape index (κ3) is 2.23. The van der Waals surface area contributed by atoms with E-state index in [-0.39, 0.29) is 16.7 Å². The molecule has 0 radical (unpaired) electrons. The van der Waals surface area contributed by atoms with Crippen LogP contribution in [0.4, 0.5) is 11.4 Å². The first-order chi connectivity index (χ1) is 9.06. The van der Waals surface area contributed by atoms with Gasteiger partial charge in [0, 0.05) is 29.7 Å². The predicted molar refractivity (Wildman–Crippen MR) is 77.2 cm³/mol. The Labute approximate surface area is 120 Å². The Hall–Kier alpha value is -1.14. The molecule has 1 aromatic rings. The van der Waals surface area contributed by atoms with E-state index >= 15 is 0 Å². The summed E-state index contributed by atoms with van der Waals surface area (Å²) in [6.07, 6.45) is 2.23. The Morgan fingerprint density at radius 2 is 2.16 bits per heavy atom. The number of hydrogen-bond donors (Lipinski definition) is 1. The molecule has 5 nitrogen and oxygen atoms in total. The number of nitrogens with zero attached hydrogens (tertiary/aromatic N) is 2. The standard InChI is InChI=1S/C13H16BrN3O2/c14-9-2-4-12(17(18)19)13(5-9)16-6-8-1-3-11(15)10(8)7-16/h2,4-5,8,10-11H,1,3,6-7,15H2. The molecule has 1 aliphatic heterocycles. The van der Waals surface area contributed by atoms with Crippen molar-refractivity contribution in [1.29, 1.82) is 0 Å². The molecule has 3 atom stereocenters. The molecule has 0 aromatic heterocycles. The SMILES string of the molecule is NC1CCC2CN(c3cc(Br)ccc3[N+](=O)[O-])CC12. The molecule has 1 aliphatic carbocycles. The summed E-state index contributed by atoms with van der Waals surface area (Å²) in [5, 5.41) is 11.1. The summed E-state index contributed by atoms with van der Waals surface area (Å²) in [6, 6.07) is 5.36. The quantitative estimate of drug-likeness (QED) is 0.670. The van der Waals surface area contributed by atoms with Crippen LogP contribution in [-0.4, -0.2) is 24.1 Å². The second-order valence-corrected chi connectivity index (χ2v) is 6.38. The van der Waals surface area contributed by atoms with Gasteiger partial charge in [0.05, 0.1) is 4.92 Å². The predicted octanol–water partition coefficient (Wildman–Crippen LogP) is 2.53. The van der Waals surface area contributed by atoms with Crippen LogP contribution >= 0.6 is 15.9 Å². The molecule has 1 heterocycles. The second-order valence-electron chi connectivity index (χ2n) is 5.46. The summed E-state index contributed by atoms with van der Waals surface area (Å²) in [7, 11) is 0. The van der Waals surface area contributed by atoms with E-state index in [1.54, 1.807) is 12.1 Å². The molecular formula is C13H16BrN3O2. The van der Waals surface area contributed by atoms with E-state index in [1.807, 2.05) is 6.07 Å². The summed E-state index contributed by atoms with van der Waals surface area (Å²) in [5.41, 5.74) is 7.00. The molecule has 2 aliphatic rings. The van der Waals surface area contributed by atoms with Crippen molar-refractivity contribution in [3.8, 4) is 0 Å². The van der Waals surface area contributed by atoms with Gasteiger partial charge in [-0.15, -0.1) is 0 Å². The lowest BCUT2D eigenvalue weighted by Crippen LogP contribution is -2.30. The van der Waals surface area contributed by atoms with Crippen molar-refractivity contribution in [2.24, 2.45) is 17.6 Å². The molecule has 2 N–H and O–H groups in total. The topological polar surface area (TPSA) is 72.4 Å².